The second kappa shape index (κ2) is 5.89. The van der Waals surface area contributed by atoms with Crippen LogP contribution in [0.4, 0.5) is 0 Å². The maximum Gasteiger partial charge on any atom is 0.305 e. The largest absolute Gasteiger partial charge is 0.466 e. The highest BCUT2D eigenvalue weighted by molar-refractivity contribution is 5.82. The highest BCUT2D eigenvalue weighted by Crippen LogP contribution is 2.28. The molecule has 1 fully saturated rings. The first-order valence-electron chi connectivity index (χ1n) is 5.81. The first kappa shape index (κ1) is 12.2. The molecule has 0 saturated heterocycles. The zero-order chi connectivity index (χ0) is 11.3. The Bertz CT molecular complexity index is 235. The number of hydrogen-bond donors (Lipinski definition) is 0. The Balaban J connectivity index is 2.30. The van der Waals surface area contributed by atoms with Gasteiger partial charge in [-0.3, -0.25) is 9.59 Å². The van der Waals surface area contributed by atoms with Crippen molar-refractivity contribution in [1.82, 2.24) is 0 Å². The molecule has 0 aliphatic heterocycles. The van der Waals surface area contributed by atoms with Crippen LogP contribution in [0.5, 0.6) is 0 Å². The van der Waals surface area contributed by atoms with Gasteiger partial charge in [-0.25, -0.2) is 0 Å². The Morgan fingerprint density at radius 3 is 2.93 bits per heavy atom. The van der Waals surface area contributed by atoms with Crippen LogP contribution >= 0.6 is 0 Å². The van der Waals surface area contributed by atoms with Crippen molar-refractivity contribution in [2.45, 2.75) is 46.0 Å². The minimum atomic E-state index is -0.177. The lowest BCUT2D eigenvalue weighted by Crippen LogP contribution is -2.24. The molecule has 1 aliphatic carbocycles. The second-order valence-electron chi connectivity index (χ2n) is 4.39. The maximum absolute atomic E-state index is 11.6. The minimum absolute atomic E-state index is 0.0955. The highest BCUT2D eigenvalue weighted by atomic mass is 16.5. The molecule has 1 aliphatic rings. The van der Waals surface area contributed by atoms with Crippen molar-refractivity contribution in [1.29, 1.82) is 0 Å². The molecule has 3 heteroatoms. The van der Waals surface area contributed by atoms with Gasteiger partial charge in [-0.2, -0.15) is 0 Å². The Labute approximate surface area is 91.2 Å². The minimum Gasteiger partial charge on any atom is -0.466 e. The van der Waals surface area contributed by atoms with Crippen molar-refractivity contribution in [3.8, 4) is 0 Å². The number of esters is 1. The molecule has 0 aromatic carbocycles. The van der Waals surface area contributed by atoms with Gasteiger partial charge in [0.2, 0.25) is 0 Å². The normalized spacial score (nSPS) is 26.4. The summed E-state index contributed by atoms with van der Waals surface area (Å²) in [5.41, 5.74) is 0. The molecule has 15 heavy (non-hydrogen) atoms. The third-order valence-electron chi connectivity index (χ3n) is 3.03. The number of hydrogen-bond acceptors (Lipinski definition) is 3. The van der Waals surface area contributed by atoms with Crippen LogP contribution in [0.3, 0.4) is 0 Å². The van der Waals surface area contributed by atoms with E-state index >= 15 is 0 Å². The smallest absolute Gasteiger partial charge is 0.305 e. The number of carbonyl (C=O) groups excluding carboxylic acids is 2. The van der Waals surface area contributed by atoms with Crippen molar-refractivity contribution in [2.75, 3.05) is 6.61 Å². The fourth-order valence-electron chi connectivity index (χ4n) is 2.13. The van der Waals surface area contributed by atoms with Crippen molar-refractivity contribution in [2.24, 2.45) is 11.8 Å². The molecule has 3 nitrogen and oxygen atoms in total. The van der Waals surface area contributed by atoms with Gasteiger partial charge in [-0.05, 0) is 32.1 Å². The molecule has 0 aromatic rings. The third-order valence-corrected chi connectivity index (χ3v) is 3.03. The van der Waals surface area contributed by atoms with E-state index in [0.717, 1.165) is 12.8 Å². The summed E-state index contributed by atoms with van der Waals surface area (Å²) in [6.45, 7) is 4.39. The van der Waals surface area contributed by atoms with E-state index in [1.807, 2.05) is 0 Å². The van der Waals surface area contributed by atoms with Crippen LogP contribution in [0.25, 0.3) is 0 Å². The van der Waals surface area contributed by atoms with Gasteiger partial charge in [-0.1, -0.05) is 6.92 Å². The average molecular weight is 212 g/mol. The van der Waals surface area contributed by atoms with E-state index in [4.69, 9.17) is 4.74 Å². The van der Waals surface area contributed by atoms with Crippen LogP contribution in [0.15, 0.2) is 0 Å². The Morgan fingerprint density at radius 2 is 2.27 bits per heavy atom. The number of Topliss-reactive ketones (excluding diaryl/α,β-unsaturated/α-hetero) is 1. The van der Waals surface area contributed by atoms with E-state index in [9.17, 15) is 9.59 Å². The van der Waals surface area contributed by atoms with Gasteiger partial charge in [0.25, 0.3) is 0 Å². The van der Waals surface area contributed by atoms with Crippen LogP contribution < -0.4 is 0 Å². The quantitative estimate of drug-likeness (QED) is 0.672. The standard InChI is InChI=1S/C12H20O3/c1-3-15-12(14)7-5-10-8-9(2)4-6-11(10)13/h9-10H,3-8H2,1-2H3/t9-,10+/m1/s1. The van der Waals surface area contributed by atoms with Gasteiger partial charge in [-0.15, -0.1) is 0 Å². The van der Waals surface area contributed by atoms with Gasteiger partial charge in [0.15, 0.2) is 0 Å². The zero-order valence-electron chi connectivity index (χ0n) is 9.62. The molecule has 0 aromatic heterocycles. The Hall–Kier alpha value is -0.860. The molecule has 1 rings (SSSR count). The van der Waals surface area contributed by atoms with Crippen LogP contribution in [-0.2, 0) is 14.3 Å². The molecule has 2 atom stereocenters. The molecule has 1 saturated carbocycles. The zero-order valence-corrected chi connectivity index (χ0v) is 9.62. The number of ether oxygens (including phenoxy) is 1. The van der Waals surface area contributed by atoms with E-state index in [-0.39, 0.29) is 11.9 Å². The summed E-state index contributed by atoms with van der Waals surface area (Å²) in [5.74, 6) is 0.869. The topological polar surface area (TPSA) is 43.4 Å². The van der Waals surface area contributed by atoms with Gasteiger partial charge >= 0.3 is 5.97 Å². The molecule has 0 radical (unpaired) electrons. The third kappa shape index (κ3) is 4.02. The van der Waals surface area contributed by atoms with E-state index in [1.54, 1.807) is 6.92 Å². The number of rotatable bonds is 4. The van der Waals surface area contributed by atoms with Gasteiger partial charge < -0.3 is 4.74 Å². The summed E-state index contributed by atoms with van der Waals surface area (Å²) < 4.78 is 4.84. The van der Waals surface area contributed by atoms with E-state index in [0.29, 0.717) is 37.6 Å². The summed E-state index contributed by atoms with van der Waals surface area (Å²) in [4.78, 5) is 22.7. The van der Waals surface area contributed by atoms with Crippen molar-refractivity contribution in [3.05, 3.63) is 0 Å². The summed E-state index contributed by atoms with van der Waals surface area (Å²) in [5, 5.41) is 0. The predicted molar refractivity (Wildman–Crippen MR) is 57.4 cm³/mol. The predicted octanol–water partition coefficient (Wildman–Crippen LogP) is 2.33. The lowest BCUT2D eigenvalue weighted by molar-refractivity contribution is -0.143. The summed E-state index contributed by atoms with van der Waals surface area (Å²) in [6.07, 6.45) is 3.70. The first-order chi connectivity index (χ1) is 7.13. The molecule has 0 bridgehead atoms. The summed E-state index contributed by atoms with van der Waals surface area (Å²) >= 11 is 0. The summed E-state index contributed by atoms with van der Waals surface area (Å²) in [6, 6.07) is 0. The molecule has 0 N–H and O–H groups in total. The number of ketones is 1. The van der Waals surface area contributed by atoms with Crippen molar-refractivity contribution in [3.63, 3.8) is 0 Å². The molecule has 86 valence electrons. The SMILES string of the molecule is CCOC(=O)CC[C@H]1C[C@H](C)CCC1=O. The van der Waals surface area contributed by atoms with Crippen LogP contribution in [0.2, 0.25) is 0 Å². The second-order valence-corrected chi connectivity index (χ2v) is 4.39. The van der Waals surface area contributed by atoms with Crippen LogP contribution in [-0.4, -0.2) is 18.4 Å². The van der Waals surface area contributed by atoms with Gasteiger partial charge in [0, 0.05) is 18.8 Å². The molecular formula is C12H20O3. The fraction of sp³-hybridized carbons (Fsp3) is 0.833. The van der Waals surface area contributed by atoms with Gasteiger partial charge in [0.05, 0.1) is 6.61 Å². The molecule has 0 heterocycles. The van der Waals surface area contributed by atoms with Crippen LogP contribution in [0.1, 0.15) is 46.0 Å². The van der Waals surface area contributed by atoms with E-state index in [1.165, 1.54) is 0 Å². The molecule has 0 amide bonds. The first-order valence-corrected chi connectivity index (χ1v) is 5.81. The lowest BCUT2D eigenvalue weighted by Gasteiger charge is -2.25. The fourth-order valence-corrected chi connectivity index (χ4v) is 2.13. The Kier molecular flexibility index (Phi) is 4.79. The summed E-state index contributed by atoms with van der Waals surface area (Å²) in [7, 11) is 0. The monoisotopic (exact) mass is 212 g/mol. The average Bonchev–Trinajstić information content (AvgIpc) is 2.20. The Morgan fingerprint density at radius 1 is 1.53 bits per heavy atom. The molecular weight excluding hydrogens is 192 g/mol. The van der Waals surface area contributed by atoms with Crippen molar-refractivity contribution < 1.29 is 14.3 Å². The van der Waals surface area contributed by atoms with Gasteiger partial charge in [0.1, 0.15) is 5.78 Å². The van der Waals surface area contributed by atoms with Crippen LogP contribution in [0, 0.1) is 11.8 Å². The number of carbonyl (C=O) groups is 2. The maximum atomic E-state index is 11.6. The lowest BCUT2D eigenvalue weighted by atomic mass is 9.79. The molecule has 0 unspecified atom stereocenters. The molecule has 0 spiro atoms. The van der Waals surface area contributed by atoms with E-state index in [2.05, 4.69) is 6.92 Å². The highest BCUT2D eigenvalue weighted by Gasteiger charge is 2.26. The van der Waals surface area contributed by atoms with Crippen molar-refractivity contribution >= 4 is 11.8 Å². The van der Waals surface area contributed by atoms with E-state index < -0.39 is 0 Å².